The van der Waals surface area contributed by atoms with E-state index < -0.39 is 24.7 Å². The molecule has 2 aromatic rings. The van der Waals surface area contributed by atoms with E-state index in [0.29, 0.717) is 12.3 Å². The number of amides is 1. The predicted molar refractivity (Wildman–Crippen MR) is 95.8 cm³/mol. The zero-order valence-corrected chi connectivity index (χ0v) is 14.8. The average Bonchev–Trinajstić information content (AvgIpc) is 2.66. The molecule has 6 nitrogen and oxygen atoms in total. The van der Waals surface area contributed by atoms with Crippen LogP contribution in [0.2, 0.25) is 0 Å². The summed E-state index contributed by atoms with van der Waals surface area (Å²) in [5.41, 5.74) is 1.39. The van der Waals surface area contributed by atoms with Crippen LogP contribution in [0.4, 0.5) is 18.9 Å². The molecule has 0 unspecified atom stereocenters. The van der Waals surface area contributed by atoms with Crippen molar-refractivity contribution in [2.24, 2.45) is 0 Å². The second kappa shape index (κ2) is 9.54. The first-order valence-corrected chi connectivity index (χ1v) is 8.18. The lowest BCUT2D eigenvalue weighted by atomic mass is 10.2. The first-order chi connectivity index (χ1) is 13.3. The lowest BCUT2D eigenvalue weighted by Gasteiger charge is -2.09. The van der Waals surface area contributed by atoms with Crippen LogP contribution in [0.1, 0.15) is 22.8 Å². The van der Waals surface area contributed by atoms with E-state index in [1.165, 1.54) is 18.2 Å². The minimum absolute atomic E-state index is 0.158. The smallest absolute Gasteiger partial charge is 0.422 e. The van der Waals surface area contributed by atoms with Crippen molar-refractivity contribution in [1.82, 2.24) is 4.98 Å². The van der Waals surface area contributed by atoms with Crippen LogP contribution < -0.4 is 10.1 Å². The monoisotopic (exact) mass is 394 g/mol. The third kappa shape index (κ3) is 7.10. The van der Waals surface area contributed by atoms with Crippen LogP contribution in [-0.2, 0) is 9.53 Å². The molecular formula is C19H17F3N2O4. The van der Waals surface area contributed by atoms with Gasteiger partial charge in [0.25, 0.3) is 5.91 Å². The average molecular weight is 394 g/mol. The van der Waals surface area contributed by atoms with Crippen LogP contribution in [0.3, 0.4) is 0 Å². The van der Waals surface area contributed by atoms with E-state index in [0.717, 1.165) is 11.8 Å². The van der Waals surface area contributed by atoms with Crippen molar-refractivity contribution in [3.05, 3.63) is 59.8 Å². The number of hydrogen-bond donors (Lipinski definition) is 1. The van der Waals surface area contributed by atoms with Crippen molar-refractivity contribution in [2.45, 2.75) is 13.1 Å². The quantitative estimate of drug-likeness (QED) is 0.570. The number of carbonyl (C=O) groups excluding carboxylic acids is 2. The van der Waals surface area contributed by atoms with Crippen LogP contribution >= 0.6 is 0 Å². The van der Waals surface area contributed by atoms with Gasteiger partial charge in [0.15, 0.2) is 6.61 Å². The third-order valence-corrected chi connectivity index (χ3v) is 3.25. The van der Waals surface area contributed by atoms with E-state index in [-0.39, 0.29) is 11.4 Å². The summed E-state index contributed by atoms with van der Waals surface area (Å²) in [6, 6.07) is 9.15. The molecule has 1 N–H and O–H groups in total. The number of carbonyl (C=O) groups is 2. The first kappa shape index (κ1) is 20.9. The maximum atomic E-state index is 12.2. The number of pyridine rings is 1. The summed E-state index contributed by atoms with van der Waals surface area (Å²) < 4.78 is 45.6. The molecule has 0 fully saturated rings. The number of alkyl halides is 3. The van der Waals surface area contributed by atoms with Gasteiger partial charge in [-0.25, -0.2) is 9.78 Å². The van der Waals surface area contributed by atoms with Crippen LogP contribution in [0.25, 0.3) is 6.08 Å². The number of aromatic nitrogens is 1. The number of nitrogens with zero attached hydrogens (tertiary/aromatic N) is 1. The van der Waals surface area contributed by atoms with Crippen molar-refractivity contribution < 1.29 is 32.2 Å². The predicted octanol–water partition coefficient (Wildman–Crippen LogP) is 3.85. The van der Waals surface area contributed by atoms with Crippen LogP contribution in [0, 0.1) is 0 Å². The highest BCUT2D eigenvalue weighted by atomic mass is 19.4. The van der Waals surface area contributed by atoms with Crippen molar-refractivity contribution in [3.8, 4) is 5.88 Å². The fourth-order valence-corrected chi connectivity index (χ4v) is 1.99. The molecule has 148 valence electrons. The number of nitrogens with one attached hydrogen (secondary N) is 1. The number of hydrogen-bond acceptors (Lipinski definition) is 5. The molecule has 9 heteroatoms. The van der Waals surface area contributed by atoms with Gasteiger partial charge in [-0.1, -0.05) is 12.1 Å². The second-order valence-corrected chi connectivity index (χ2v) is 5.45. The molecule has 1 aromatic heterocycles. The van der Waals surface area contributed by atoms with E-state index in [2.05, 4.69) is 15.0 Å². The molecule has 2 rings (SSSR count). The molecular weight excluding hydrogens is 377 g/mol. The van der Waals surface area contributed by atoms with Gasteiger partial charge < -0.3 is 14.8 Å². The minimum atomic E-state index is -4.46. The van der Waals surface area contributed by atoms with Gasteiger partial charge in [-0.3, -0.25) is 4.79 Å². The molecule has 0 saturated heterocycles. The van der Waals surface area contributed by atoms with E-state index in [9.17, 15) is 22.8 Å². The van der Waals surface area contributed by atoms with Crippen molar-refractivity contribution in [2.75, 3.05) is 18.5 Å². The molecule has 0 bridgehead atoms. The topological polar surface area (TPSA) is 77.5 Å². The highest BCUT2D eigenvalue weighted by Gasteiger charge is 2.28. The number of benzene rings is 1. The Bertz CT molecular complexity index is 832. The zero-order valence-electron chi connectivity index (χ0n) is 14.8. The lowest BCUT2D eigenvalue weighted by Crippen LogP contribution is -2.19. The highest BCUT2D eigenvalue weighted by Crippen LogP contribution is 2.17. The Kier molecular flexibility index (Phi) is 7.14. The number of halogens is 3. The number of anilines is 1. The number of ether oxygens (including phenoxy) is 2. The first-order valence-electron chi connectivity index (χ1n) is 8.18. The fraction of sp³-hybridized carbons (Fsp3) is 0.211. The van der Waals surface area contributed by atoms with Gasteiger partial charge in [-0.05, 0) is 36.8 Å². The highest BCUT2D eigenvalue weighted by molar-refractivity contribution is 6.04. The van der Waals surface area contributed by atoms with Gasteiger partial charge in [-0.15, -0.1) is 0 Å². The SMILES string of the molecule is CCOC(=O)/C=C/c1ccc(NC(=O)c2ccc(OCC(F)(F)F)nc2)cc1. The number of rotatable bonds is 7. The van der Waals surface area contributed by atoms with E-state index in [4.69, 9.17) is 4.74 Å². The Balaban J connectivity index is 1.92. The molecule has 28 heavy (non-hydrogen) atoms. The van der Waals surface area contributed by atoms with E-state index in [1.54, 1.807) is 37.3 Å². The molecule has 1 amide bonds. The molecule has 0 spiro atoms. The molecule has 1 aromatic carbocycles. The summed E-state index contributed by atoms with van der Waals surface area (Å²) in [7, 11) is 0. The Morgan fingerprint density at radius 3 is 2.43 bits per heavy atom. The molecule has 0 aliphatic heterocycles. The Hall–Kier alpha value is -3.36. The molecule has 0 aliphatic carbocycles. The maximum Gasteiger partial charge on any atom is 0.422 e. The van der Waals surface area contributed by atoms with Crippen molar-refractivity contribution in [1.29, 1.82) is 0 Å². The molecule has 1 heterocycles. The van der Waals surface area contributed by atoms with Gasteiger partial charge in [0.05, 0.1) is 12.2 Å². The molecule has 0 saturated carbocycles. The minimum Gasteiger partial charge on any atom is -0.468 e. The van der Waals surface area contributed by atoms with Gasteiger partial charge >= 0.3 is 12.1 Å². The fourth-order valence-electron chi connectivity index (χ4n) is 1.99. The van der Waals surface area contributed by atoms with Crippen molar-refractivity contribution >= 4 is 23.6 Å². The lowest BCUT2D eigenvalue weighted by molar-refractivity contribution is -0.154. The molecule has 0 radical (unpaired) electrons. The molecule has 0 atom stereocenters. The van der Waals surface area contributed by atoms with Crippen molar-refractivity contribution in [3.63, 3.8) is 0 Å². The summed E-state index contributed by atoms with van der Waals surface area (Å²) in [4.78, 5) is 27.1. The summed E-state index contributed by atoms with van der Waals surface area (Å²) in [5.74, 6) is -1.16. The normalized spacial score (nSPS) is 11.3. The van der Waals surface area contributed by atoms with Gasteiger partial charge in [0.2, 0.25) is 5.88 Å². The van der Waals surface area contributed by atoms with Crippen LogP contribution in [0.15, 0.2) is 48.7 Å². The largest absolute Gasteiger partial charge is 0.468 e. The number of esters is 1. The summed E-state index contributed by atoms with van der Waals surface area (Å²) in [5, 5.41) is 2.63. The molecule has 0 aliphatic rings. The van der Waals surface area contributed by atoms with Crippen LogP contribution in [0.5, 0.6) is 5.88 Å². The van der Waals surface area contributed by atoms with Gasteiger partial charge in [0, 0.05) is 24.0 Å². The van der Waals surface area contributed by atoms with E-state index >= 15 is 0 Å². The summed E-state index contributed by atoms with van der Waals surface area (Å²) >= 11 is 0. The summed E-state index contributed by atoms with van der Waals surface area (Å²) in [6.45, 7) is 0.544. The Labute approximate surface area is 159 Å². The van der Waals surface area contributed by atoms with Crippen LogP contribution in [-0.4, -0.2) is 36.3 Å². The summed E-state index contributed by atoms with van der Waals surface area (Å²) in [6.07, 6.45) is -0.467. The zero-order chi connectivity index (χ0) is 20.6. The maximum absolute atomic E-state index is 12.2. The standard InChI is InChI=1S/C19H17F3N2O4/c1-2-27-17(25)10-5-13-3-7-15(8-4-13)24-18(26)14-6-9-16(23-11-14)28-12-19(20,21)22/h3-11H,2,12H2,1H3,(H,24,26)/b10-5+. The van der Waals surface area contributed by atoms with Gasteiger partial charge in [-0.2, -0.15) is 13.2 Å². The Morgan fingerprint density at radius 1 is 1.14 bits per heavy atom. The third-order valence-electron chi connectivity index (χ3n) is 3.25. The Morgan fingerprint density at radius 2 is 1.86 bits per heavy atom. The van der Waals surface area contributed by atoms with E-state index in [1.807, 2.05) is 0 Å². The second-order valence-electron chi connectivity index (χ2n) is 5.45. The van der Waals surface area contributed by atoms with Gasteiger partial charge in [0.1, 0.15) is 0 Å².